The lowest BCUT2D eigenvalue weighted by Gasteiger charge is -2.22. The van der Waals surface area contributed by atoms with E-state index in [2.05, 4.69) is 5.32 Å². The normalized spacial score (nSPS) is 11.6. The number of amides is 2. The summed E-state index contributed by atoms with van der Waals surface area (Å²) >= 11 is 0. The number of carboxylic acid groups (broad SMARTS) is 1. The van der Waals surface area contributed by atoms with Gasteiger partial charge in [0.25, 0.3) is 0 Å². The van der Waals surface area contributed by atoms with Crippen LogP contribution in [0, 0.1) is 5.92 Å². The van der Waals surface area contributed by atoms with Crippen molar-refractivity contribution < 1.29 is 29.0 Å². The lowest BCUT2D eigenvalue weighted by atomic mass is 10.2. The zero-order chi connectivity index (χ0) is 15.5. The fourth-order valence-corrected chi connectivity index (χ4v) is 1.26. The second-order valence-electron chi connectivity index (χ2n) is 4.14. The zero-order valence-electron chi connectivity index (χ0n) is 12.0. The summed E-state index contributed by atoms with van der Waals surface area (Å²) in [6.07, 6.45) is 0. The molecule has 0 aromatic heterocycles. The summed E-state index contributed by atoms with van der Waals surface area (Å²) in [5, 5.41) is 11.2. The van der Waals surface area contributed by atoms with Crippen LogP contribution in [0.5, 0.6) is 0 Å². The van der Waals surface area contributed by atoms with Gasteiger partial charge >= 0.3 is 18.0 Å². The molecule has 0 aromatic carbocycles. The van der Waals surface area contributed by atoms with E-state index in [4.69, 9.17) is 14.6 Å². The average molecular weight is 290 g/mol. The number of urea groups is 1. The van der Waals surface area contributed by atoms with Gasteiger partial charge in [0.2, 0.25) is 0 Å². The Morgan fingerprint density at radius 3 is 2.50 bits per heavy atom. The van der Waals surface area contributed by atoms with Crippen LogP contribution in [0.25, 0.3) is 0 Å². The summed E-state index contributed by atoms with van der Waals surface area (Å²) in [4.78, 5) is 35.1. The number of hydrogen-bond donors (Lipinski definition) is 2. The van der Waals surface area contributed by atoms with E-state index in [-0.39, 0.29) is 32.8 Å². The Bertz CT molecular complexity index is 334. The van der Waals surface area contributed by atoms with E-state index in [0.29, 0.717) is 0 Å². The fraction of sp³-hybridized carbons (Fsp3) is 0.750. The molecule has 0 radical (unpaired) electrons. The van der Waals surface area contributed by atoms with Crippen LogP contribution >= 0.6 is 0 Å². The smallest absolute Gasteiger partial charge is 0.325 e. The van der Waals surface area contributed by atoms with Gasteiger partial charge in [-0.2, -0.15) is 0 Å². The monoisotopic (exact) mass is 290 g/mol. The number of rotatable bonds is 9. The molecule has 8 heteroatoms. The maximum atomic E-state index is 11.9. The van der Waals surface area contributed by atoms with Crippen molar-refractivity contribution in [3.8, 4) is 0 Å². The number of methoxy groups -OCH3 is 1. The Balaban J connectivity index is 4.40. The van der Waals surface area contributed by atoms with Crippen LogP contribution < -0.4 is 5.32 Å². The maximum Gasteiger partial charge on any atom is 0.325 e. The topological polar surface area (TPSA) is 105 Å². The molecule has 0 fully saturated rings. The van der Waals surface area contributed by atoms with Crippen LogP contribution in [0.3, 0.4) is 0 Å². The third-order valence-corrected chi connectivity index (χ3v) is 2.46. The first kappa shape index (κ1) is 18.2. The van der Waals surface area contributed by atoms with Crippen molar-refractivity contribution in [2.24, 2.45) is 5.92 Å². The highest BCUT2D eigenvalue weighted by atomic mass is 16.5. The first-order valence-electron chi connectivity index (χ1n) is 6.32. The molecule has 116 valence electrons. The molecule has 2 N–H and O–H groups in total. The standard InChI is InChI=1S/C12H22N2O6/c1-4-20-10(15)8-14(5-6-19-3)12(18)13-7-9(2)11(16)17/h9H,4-8H2,1-3H3,(H,13,18)(H,16,17). The Hall–Kier alpha value is -1.83. The number of esters is 1. The number of hydrogen-bond acceptors (Lipinski definition) is 5. The van der Waals surface area contributed by atoms with Crippen molar-refractivity contribution in [3.05, 3.63) is 0 Å². The quantitative estimate of drug-likeness (QED) is 0.576. The number of carbonyl (C=O) groups excluding carboxylic acids is 2. The molecule has 0 aliphatic rings. The number of aliphatic carboxylic acids is 1. The lowest BCUT2D eigenvalue weighted by Crippen LogP contribution is -2.46. The Labute approximate surface area is 118 Å². The highest BCUT2D eigenvalue weighted by Crippen LogP contribution is 1.96. The Morgan fingerprint density at radius 2 is 2.00 bits per heavy atom. The van der Waals surface area contributed by atoms with Gasteiger partial charge in [0.15, 0.2) is 0 Å². The zero-order valence-corrected chi connectivity index (χ0v) is 12.0. The van der Waals surface area contributed by atoms with E-state index in [9.17, 15) is 14.4 Å². The average Bonchev–Trinajstić information content (AvgIpc) is 2.40. The SMILES string of the molecule is CCOC(=O)CN(CCOC)C(=O)NCC(C)C(=O)O. The molecule has 1 unspecified atom stereocenters. The van der Waals surface area contributed by atoms with Crippen LogP contribution in [0.1, 0.15) is 13.8 Å². The van der Waals surface area contributed by atoms with Crippen molar-refractivity contribution in [1.29, 1.82) is 0 Å². The molecule has 0 spiro atoms. The summed E-state index contributed by atoms with van der Waals surface area (Å²) in [5.74, 6) is -2.23. The van der Waals surface area contributed by atoms with Gasteiger partial charge in [-0.1, -0.05) is 6.92 Å². The van der Waals surface area contributed by atoms with Crippen LogP contribution in [-0.2, 0) is 19.1 Å². The van der Waals surface area contributed by atoms with Gasteiger partial charge in [-0.3, -0.25) is 9.59 Å². The van der Waals surface area contributed by atoms with Crippen molar-refractivity contribution in [1.82, 2.24) is 10.2 Å². The summed E-state index contributed by atoms with van der Waals surface area (Å²) in [7, 11) is 1.48. The first-order valence-corrected chi connectivity index (χ1v) is 6.32. The molecular formula is C12H22N2O6. The van der Waals surface area contributed by atoms with Gasteiger partial charge in [0.05, 0.1) is 19.1 Å². The third kappa shape index (κ3) is 7.57. The summed E-state index contributed by atoms with van der Waals surface area (Å²) in [6.45, 7) is 3.64. The van der Waals surface area contributed by atoms with Crippen LogP contribution in [-0.4, -0.2) is 67.9 Å². The minimum Gasteiger partial charge on any atom is -0.481 e. The van der Waals surface area contributed by atoms with Gasteiger partial charge in [-0.25, -0.2) is 4.79 Å². The Morgan fingerprint density at radius 1 is 1.35 bits per heavy atom. The van der Waals surface area contributed by atoms with Gasteiger partial charge in [-0.15, -0.1) is 0 Å². The van der Waals surface area contributed by atoms with Crippen LogP contribution in [0.2, 0.25) is 0 Å². The molecule has 0 aromatic rings. The molecule has 0 saturated heterocycles. The summed E-state index contributed by atoms with van der Waals surface area (Å²) in [6, 6.07) is -0.525. The molecular weight excluding hydrogens is 268 g/mol. The van der Waals surface area contributed by atoms with E-state index in [1.165, 1.54) is 18.9 Å². The molecule has 2 amide bonds. The van der Waals surface area contributed by atoms with Gasteiger partial charge in [-0.05, 0) is 6.92 Å². The first-order chi connectivity index (χ1) is 9.42. The maximum absolute atomic E-state index is 11.9. The molecule has 0 aliphatic heterocycles. The summed E-state index contributed by atoms with van der Waals surface area (Å²) in [5.41, 5.74) is 0. The van der Waals surface area contributed by atoms with Crippen LogP contribution in [0.4, 0.5) is 4.79 Å². The molecule has 0 saturated carbocycles. The predicted molar refractivity (Wildman–Crippen MR) is 70.3 cm³/mol. The number of ether oxygens (including phenoxy) is 2. The number of carbonyl (C=O) groups is 3. The second-order valence-corrected chi connectivity index (χ2v) is 4.14. The van der Waals surface area contributed by atoms with E-state index < -0.39 is 23.9 Å². The van der Waals surface area contributed by atoms with Crippen LogP contribution in [0.15, 0.2) is 0 Å². The minimum absolute atomic E-state index is 0.0134. The Kier molecular flexibility index (Phi) is 9.10. The molecule has 0 aliphatic carbocycles. The predicted octanol–water partition coefficient (Wildman–Crippen LogP) is -0.0718. The number of nitrogens with zero attached hydrogens (tertiary/aromatic N) is 1. The van der Waals surface area contributed by atoms with Gasteiger partial charge in [0.1, 0.15) is 6.54 Å². The molecule has 1 atom stereocenters. The lowest BCUT2D eigenvalue weighted by molar-refractivity contribution is -0.144. The van der Waals surface area contributed by atoms with Crippen molar-refractivity contribution in [2.75, 3.05) is 40.0 Å². The number of carboxylic acids is 1. The van der Waals surface area contributed by atoms with E-state index in [1.54, 1.807) is 6.92 Å². The molecule has 20 heavy (non-hydrogen) atoms. The third-order valence-electron chi connectivity index (χ3n) is 2.46. The highest BCUT2D eigenvalue weighted by Gasteiger charge is 2.19. The van der Waals surface area contributed by atoms with E-state index >= 15 is 0 Å². The largest absolute Gasteiger partial charge is 0.481 e. The van der Waals surface area contributed by atoms with Crippen molar-refractivity contribution in [3.63, 3.8) is 0 Å². The molecule has 0 heterocycles. The second kappa shape index (κ2) is 10.0. The van der Waals surface area contributed by atoms with Gasteiger partial charge < -0.3 is 24.8 Å². The molecule has 8 nitrogen and oxygen atoms in total. The van der Waals surface area contributed by atoms with Crippen molar-refractivity contribution >= 4 is 18.0 Å². The molecule has 0 rings (SSSR count). The minimum atomic E-state index is -1.00. The highest BCUT2D eigenvalue weighted by molar-refractivity contribution is 5.81. The number of nitrogens with one attached hydrogen (secondary N) is 1. The van der Waals surface area contributed by atoms with Crippen molar-refractivity contribution in [2.45, 2.75) is 13.8 Å². The van der Waals surface area contributed by atoms with E-state index in [1.807, 2.05) is 0 Å². The molecule has 0 bridgehead atoms. The summed E-state index contributed by atoms with van der Waals surface area (Å²) < 4.78 is 9.63. The fourth-order valence-electron chi connectivity index (χ4n) is 1.26. The van der Waals surface area contributed by atoms with E-state index in [0.717, 1.165) is 0 Å². The van der Waals surface area contributed by atoms with Gasteiger partial charge in [0, 0.05) is 20.2 Å².